The maximum Gasteiger partial charge on any atom is 0.326 e. The first-order valence-corrected chi connectivity index (χ1v) is 8.33. The molecule has 26 heavy (non-hydrogen) atoms. The lowest BCUT2D eigenvalue weighted by Crippen LogP contribution is -2.34. The van der Waals surface area contributed by atoms with Gasteiger partial charge in [0, 0.05) is 5.69 Å². The fraction of sp³-hybridized carbons (Fsp3) is 0. The third kappa shape index (κ3) is 5.51. The fourth-order valence-electron chi connectivity index (χ4n) is 1.83. The Kier molecular flexibility index (Phi) is 7.11. The SMILES string of the molecule is O=C(NC(=O)c1ccccc1F)Nc1cc(Cl)c(OC=C(Cl)Cl)c(Cl)c1. The van der Waals surface area contributed by atoms with Crippen molar-refractivity contribution in [1.82, 2.24) is 5.32 Å². The summed E-state index contributed by atoms with van der Waals surface area (Å²) >= 11 is 22.9. The summed E-state index contributed by atoms with van der Waals surface area (Å²) in [6.07, 6.45) is 1.02. The summed E-state index contributed by atoms with van der Waals surface area (Å²) in [5, 5.41) is 4.45. The smallest absolute Gasteiger partial charge is 0.326 e. The minimum atomic E-state index is -0.903. The van der Waals surface area contributed by atoms with Gasteiger partial charge < -0.3 is 10.1 Å². The molecule has 10 heteroatoms. The number of nitrogens with one attached hydrogen (secondary N) is 2. The van der Waals surface area contributed by atoms with Crippen molar-refractivity contribution in [3.63, 3.8) is 0 Å². The molecule has 0 atom stereocenters. The molecule has 0 saturated heterocycles. The van der Waals surface area contributed by atoms with Crippen molar-refractivity contribution in [2.24, 2.45) is 0 Å². The van der Waals surface area contributed by atoms with Gasteiger partial charge in [0.25, 0.3) is 5.91 Å². The van der Waals surface area contributed by atoms with E-state index in [-0.39, 0.29) is 31.5 Å². The Labute approximate surface area is 167 Å². The topological polar surface area (TPSA) is 67.4 Å². The molecule has 0 unspecified atom stereocenters. The van der Waals surface area contributed by atoms with E-state index in [4.69, 9.17) is 51.1 Å². The van der Waals surface area contributed by atoms with Crippen molar-refractivity contribution < 1.29 is 18.7 Å². The molecule has 0 bridgehead atoms. The van der Waals surface area contributed by atoms with E-state index in [0.29, 0.717) is 0 Å². The number of rotatable bonds is 4. The van der Waals surface area contributed by atoms with Crippen molar-refractivity contribution >= 4 is 64.0 Å². The highest BCUT2D eigenvalue weighted by Gasteiger charge is 2.16. The third-order valence-corrected chi connectivity index (χ3v) is 3.61. The minimum Gasteiger partial charge on any atom is -0.459 e. The second kappa shape index (κ2) is 9.09. The summed E-state index contributed by atoms with van der Waals surface area (Å²) in [6, 6.07) is 6.99. The van der Waals surface area contributed by atoms with Crippen LogP contribution in [0.1, 0.15) is 10.4 Å². The van der Waals surface area contributed by atoms with Gasteiger partial charge in [-0.05, 0) is 24.3 Å². The lowest BCUT2D eigenvalue weighted by molar-refractivity contribution is 0.0963. The molecule has 3 amide bonds. The van der Waals surface area contributed by atoms with E-state index in [2.05, 4.69) is 5.32 Å². The zero-order chi connectivity index (χ0) is 19.3. The zero-order valence-electron chi connectivity index (χ0n) is 12.7. The quantitative estimate of drug-likeness (QED) is 0.598. The van der Waals surface area contributed by atoms with Gasteiger partial charge in [-0.3, -0.25) is 10.1 Å². The van der Waals surface area contributed by atoms with Gasteiger partial charge in [0.1, 0.15) is 16.6 Å². The Morgan fingerprint density at radius 1 is 1.08 bits per heavy atom. The van der Waals surface area contributed by atoms with Crippen LogP contribution in [0, 0.1) is 5.82 Å². The van der Waals surface area contributed by atoms with E-state index >= 15 is 0 Å². The predicted molar refractivity (Wildman–Crippen MR) is 99.8 cm³/mol. The van der Waals surface area contributed by atoms with E-state index in [1.807, 2.05) is 5.32 Å². The van der Waals surface area contributed by atoms with Crippen LogP contribution in [0.4, 0.5) is 14.9 Å². The van der Waals surface area contributed by atoms with E-state index < -0.39 is 17.8 Å². The summed E-state index contributed by atoms with van der Waals surface area (Å²) in [5.74, 6) is -1.59. The highest BCUT2D eigenvalue weighted by molar-refractivity contribution is 6.55. The first kappa shape index (κ1) is 20.3. The molecular weight excluding hydrogens is 429 g/mol. The lowest BCUT2D eigenvalue weighted by atomic mass is 10.2. The second-order valence-corrected chi connectivity index (χ2v) is 6.50. The van der Waals surface area contributed by atoms with Crippen molar-refractivity contribution in [3.8, 4) is 5.75 Å². The number of amides is 3. The number of imide groups is 1. The number of halogens is 5. The Hall–Kier alpha value is -1.99. The molecule has 5 nitrogen and oxygen atoms in total. The number of anilines is 1. The largest absolute Gasteiger partial charge is 0.459 e. The monoisotopic (exact) mass is 436 g/mol. The highest BCUT2D eigenvalue weighted by Crippen LogP contribution is 2.36. The standard InChI is InChI=1S/C16H9Cl4FN2O3/c17-10-5-8(6-11(18)14(10)26-7-13(19)20)22-16(25)23-15(24)9-3-1-2-4-12(9)21/h1-7H,(H2,22,23,24,25). The van der Waals surface area contributed by atoms with Gasteiger partial charge in [-0.25, -0.2) is 9.18 Å². The van der Waals surface area contributed by atoms with Crippen molar-refractivity contribution in [2.45, 2.75) is 0 Å². The summed E-state index contributed by atoms with van der Waals surface area (Å²) in [7, 11) is 0. The molecule has 0 heterocycles. The number of benzene rings is 2. The van der Waals surface area contributed by atoms with Crippen LogP contribution in [0.5, 0.6) is 5.75 Å². The average Bonchev–Trinajstić information content (AvgIpc) is 2.53. The first-order chi connectivity index (χ1) is 12.3. The van der Waals surface area contributed by atoms with Gasteiger partial charge in [0.05, 0.1) is 15.6 Å². The molecule has 0 saturated carbocycles. The molecule has 0 aliphatic carbocycles. The Balaban J connectivity index is 2.08. The van der Waals surface area contributed by atoms with Crippen molar-refractivity contribution in [3.05, 3.63) is 68.6 Å². The summed E-state index contributed by atoms with van der Waals surface area (Å²) in [4.78, 5) is 23.8. The highest BCUT2D eigenvalue weighted by atomic mass is 35.5. The van der Waals surface area contributed by atoms with Crippen LogP contribution in [0.3, 0.4) is 0 Å². The van der Waals surface area contributed by atoms with Gasteiger partial charge in [0.15, 0.2) is 5.75 Å². The van der Waals surface area contributed by atoms with E-state index in [1.54, 1.807) is 0 Å². The zero-order valence-corrected chi connectivity index (χ0v) is 15.7. The Bertz CT molecular complexity index is 863. The van der Waals surface area contributed by atoms with Crippen LogP contribution in [0.15, 0.2) is 47.2 Å². The number of hydrogen-bond acceptors (Lipinski definition) is 3. The van der Waals surface area contributed by atoms with Crippen LogP contribution in [-0.2, 0) is 0 Å². The Morgan fingerprint density at radius 3 is 2.27 bits per heavy atom. The second-order valence-electron chi connectivity index (χ2n) is 4.68. The number of carbonyl (C=O) groups excluding carboxylic acids is 2. The molecule has 0 radical (unpaired) electrons. The number of urea groups is 1. The number of hydrogen-bond donors (Lipinski definition) is 2. The first-order valence-electron chi connectivity index (χ1n) is 6.81. The van der Waals surface area contributed by atoms with Gasteiger partial charge >= 0.3 is 6.03 Å². The molecule has 0 aliphatic heterocycles. The number of ether oxygens (including phenoxy) is 1. The summed E-state index contributed by atoms with van der Waals surface area (Å²) in [6.45, 7) is 0. The number of carbonyl (C=O) groups is 2. The maximum absolute atomic E-state index is 13.5. The minimum absolute atomic E-state index is 0.0547. The van der Waals surface area contributed by atoms with Crippen LogP contribution >= 0.6 is 46.4 Å². The van der Waals surface area contributed by atoms with Crippen LogP contribution < -0.4 is 15.4 Å². The molecule has 0 spiro atoms. The van der Waals surface area contributed by atoms with E-state index in [9.17, 15) is 14.0 Å². The summed E-state index contributed by atoms with van der Waals surface area (Å²) < 4.78 is 18.5. The average molecular weight is 438 g/mol. The van der Waals surface area contributed by atoms with Crippen molar-refractivity contribution in [2.75, 3.05) is 5.32 Å². The Morgan fingerprint density at radius 2 is 1.69 bits per heavy atom. The van der Waals surface area contributed by atoms with Crippen LogP contribution in [-0.4, -0.2) is 11.9 Å². The molecule has 0 fully saturated rings. The lowest BCUT2D eigenvalue weighted by Gasteiger charge is -2.11. The molecule has 2 rings (SSSR count). The fourth-order valence-corrected chi connectivity index (χ4v) is 2.49. The van der Waals surface area contributed by atoms with E-state index in [1.165, 1.54) is 30.3 Å². The van der Waals surface area contributed by atoms with Crippen LogP contribution in [0.25, 0.3) is 0 Å². The molecule has 0 aromatic heterocycles. The summed E-state index contributed by atoms with van der Waals surface area (Å²) in [5.41, 5.74) is -0.0978. The maximum atomic E-state index is 13.5. The van der Waals surface area contributed by atoms with Gasteiger partial charge in [-0.15, -0.1) is 0 Å². The van der Waals surface area contributed by atoms with Gasteiger partial charge in [0.2, 0.25) is 0 Å². The van der Waals surface area contributed by atoms with Crippen molar-refractivity contribution in [1.29, 1.82) is 0 Å². The molecular formula is C16H9Cl4FN2O3. The molecule has 2 aromatic rings. The molecule has 0 aliphatic rings. The molecule has 2 N–H and O–H groups in total. The molecule has 2 aromatic carbocycles. The van der Waals surface area contributed by atoms with Gasteiger partial charge in [-0.1, -0.05) is 58.5 Å². The van der Waals surface area contributed by atoms with E-state index in [0.717, 1.165) is 12.3 Å². The van der Waals surface area contributed by atoms with Gasteiger partial charge in [-0.2, -0.15) is 0 Å². The third-order valence-electron chi connectivity index (χ3n) is 2.87. The molecule has 136 valence electrons. The van der Waals surface area contributed by atoms with Crippen LogP contribution in [0.2, 0.25) is 10.0 Å². The predicted octanol–water partition coefficient (Wildman–Crippen LogP) is 5.75. The normalized spacial score (nSPS) is 10.0.